The van der Waals surface area contributed by atoms with E-state index in [1.54, 1.807) is 30.5 Å². The predicted octanol–water partition coefficient (Wildman–Crippen LogP) is 3.55. The molecule has 1 N–H and O–H groups in total. The van der Waals surface area contributed by atoms with Crippen molar-refractivity contribution < 1.29 is 9.00 Å². The Balaban J connectivity index is 1.60. The van der Waals surface area contributed by atoms with Gasteiger partial charge in [0.1, 0.15) is 0 Å². The molecule has 1 saturated heterocycles. The minimum atomic E-state index is -1.01. The van der Waals surface area contributed by atoms with Crippen molar-refractivity contribution in [2.24, 2.45) is 0 Å². The lowest BCUT2D eigenvalue weighted by atomic mass is 10.1. The smallest absolute Gasteiger partial charge is 0.319 e. The Morgan fingerprint density at radius 1 is 1.04 bits per heavy atom. The monoisotopic (exact) mass is 385 g/mol. The molecule has 144 valence electrons. The minimum absolute atomic E-state index is 0.0842. The lowest BCUT2D eigenvalue weighted by molar-refractivity contribution is 0.0627. The van der Waals surface area contributed by atoms with Crippen LogP contribution < -0.4 is 5.32 Å². The van der Waals surface area contributed by atoms with Crippen LogP contribution in [0.5, 0.6) is 0 Å². The quantitative estimate of drug-likeness (QED) is 0.876. The number of nitrogens with one attached hydrogen (secondary N) is 1. The number of carbonyl (C=O) groups is 1. The van der Waals surface area contributed by atoms with Gasteiger partial charge in [-0.1, -0.05) is 30.3 Å². The molecule has 3 atom stereocenters. The molecule has 27 heavy (non-hydrogen) atoms. The molecule has 0 radical (unpaired) electrons. The summed E-state index contributed by atoms with van der Waals surface area (Å²) in [5.41, 5.74) is 2.02. The van der Waals surface area contributed by atoms with Gasteiger partial charge in [0.2, 0.25) is 0 Å². The molecule has 1 aliphatic heterocycles. The maximum Gasteiger partial charge on any atom is 0.322 e. The topological polar surface area (TPSA) is 52.7 Å². The van der Waals surface area contributed by atoms with Crippen molar-refractivity contribution in [3.63, 3.8) is 0 Å². The minimum Gasteiger partial charge on any atom is -0.319 e. The van der Waals surface area contributed by atoms with Crippen molar-refractivity contribution in [2.45, 2.75) is 37.4 Å². The molecule has 0 saturated carbocycles. The fraction of sp³-hybridized carbons (Fsp3) is 0.381. The van der Waals surface area contributed by atoms with Crippen LogP contribution in [0.1, 0.15) is 19.4 Å². The molecule has 2 aromatic rings. The lowest BCUT2D eigenvalue weighted by Gasteiger charge is -2.44. The van der Waals surface area contributed by atoms with Crippen molar-refractivity contribution in [1.82, 2.24) is 9.80 Å². The molecule has 0 aliphatic carbocycles. The molecule has 2 amide bonds. The first-order valence-electron chi connectivity index (χ1n) is 9.23. The summed E-state index contributed by atoms with van der Waals surface area (Å²) < 4.78 is 11.5. The van der Waals surface area contributed by atoms with E-state index in [1.165, 1.54) is 5.56 Å². The van der Waals surface area contributed by atoms with E-state index in [1.807, 2.05) is 11.0 Å². The molecule has 0 aromatic heterocycles. The normalized spacial score (nSPS) is 21.7. The van der Waals surface area contributed by atoms with E-state index in [2.05, 4.69) is 48.3 Å². The van der Waals surface area contributed by atoms with Crippen LogP contribution in [0.4, 0.5) is 10.5 Å². The van der Waals surface area contributed by atoms with Crippen molar-refractivity contribution in [3.8, 4) is 0 Å². The van der Waals surface area contributed by atoms with Gasteiger partial charge in [0, 0.05) is 59.4 Å². The third-order valence-electron chi connectivity index (χ3n) is 5.04. The molecule has 1 fully saturated rings. The number of urea groups is 1. The molecular formula is C21H27N3O2S. The second-order valence-corrected chi connectivity index (χ2v) is 8.55. The van der Waals surface area contributed by atoms with Gasteiger partial charge in [-0.25, -0.2) is 4.79 Å². The molecular weight excluding hydrogens is 358 g/mol. The Bertz CT molecular complexity index is 795. The first-order valence-corrected chi connectivity index (χ1v) is 10.8. The van der Waals surface area contributed by atoms with E-state index in [-0.39, 0.29) is 18.1 Å². The van der Waals surface area contributed by atoms with Gasteiger partial charge in [0.25, 0.3) is 0 Å². The Hall–Kier alpha value is -2.18. The van der Waals surface area contributed by atoms with Crippen LogP contribution in [0.3, 0.4) is 0 Å². The highest BCUT2D eigenvalue weighted by Gasteiger charge is 2.31. The molecule has 3 rings (SSSR count). The number of carbonyl (C=O) groups excluding carboxylic acids is 1. The van der Waals surface area contributed by atoms with Gasteiger partial charge < -0.3 is 10.2 Å². The SMILES string of the molecule is C[C@@H]1CN(C(=O)Nc2ccc([S@](C)=O)cc2)[C@H](C)CN1Cc1ccccc1. The predicted molar refractivity (Wildman–Crippen MR) is 110 cm³/mol. The molecule has 1 heterocycles. The van der Waals surface area contributed by atoms with Gasteiger partial charge in [0.15, 0.2) is 0 Å². The van der Waals surface area contributed by atoms with Crippen LogP contribution in [0.15, 0.2) is 59.5 Å². The Morgan fingerprint density at radius 2 is 1.70 bits per heavy atom. The zero-order valence-corrected chi connectivity index (χ0v) is 16.9. The van der Waals surface area contributed by atoms with Gasteiger partial charge in [0.05, 0.1) is 0 Å². The molecule has 0 spiro atoms. The van der Waals surface area contributed by atoms with Gasteiger partial charge >= 0.3 is 6.03 Å². The van der Waals surface area contributed by atoms with Crippen LogP contribution in [-0.4, -0.2) is 51.5 Å². The molecule has 5 nitrogen and oxygen atoms in total. The van der Waals surface area contributed by atoms with E-state index >= 15 is 0 Å². The Morgan fingerprint density at radius 3 is 2.33 bits per heavy atom. The van der Waals surface area contributed by atoms with Crippen LogP contribution >= 0.6 is 0 Å². The van der Waals surface area contributed by atoms with E-state index in [4.69, 9.17) is 0 Å². The molecule has 6 heteroatoms. The fourth-order valence-corrected chi connectivity index (χ4v) is 3.96. The van der Waals surface area contributed by atoms with Gasteiger partial charge in [-0.05, 0) is 43.7 Å². The molecule has 0 bridgehead atoms. The van der Waals surface area contributed by atoms with E-state index in [0.29, 0.717) is 6.54 Å². The zero-order valence-electron chi connectivity index (χ0n) is 16.1. The van der Waals surface area contributed by atoms with Crippen LogP contribution in [0.2, 0.25) is 0 Å². The van der Waals surface area contributed by atoms with Crippen molar-refractivity contribution in [2.75, 3.05) is 24.7 Å². The number of hydrogen-bond donors (Lipinski definition) is 1. The first kappa shape index (κ1) is 19.6. The average molecular weight is 386 g/mol. The maximum absolute atomic E-state index is 12.7. The second-order valence-electron chi connectivity index (χ2n) is 7.17. The summed E-state index contributed by atoms with van der Waals surface area (Å²) in [6.07, 6.45) is 1.64. The Kier molecular flexibility index (Phi) is 6.29. The third-order valence-corrected chi connectivity index (χ3v) is 5.98. The standard InChI is InChI=1S/C21H27N3O2S/c1-16-14-24(17(2)13-23(16)15-18-7-5-4-6-8-18)21(25)22-19-9-11-20(12-10-19)27(3)26/h4-12,16-17H,13-15H2,1-3H3,(H,22,25)/t16-,17-,27+/m1/s1. The van der Waals surface area contributed by atoms with E-state index < -0.39 is 10.8 Å². The summed E-state index contributed by atoms with van der Waals surface area (Å²) in [6, 6.07) is 17.9. The van der Waals surface area contributed by atoms with E-state index in [9.17, 15) is 9.00 Å². The Labute approximate surface area is 163 Å². The number of anilines is 1. The van der Waals surface area contributed by atoms with Gasteiger partial charge in [-0.3, -0.25) is 9.11 Å². The van der Waals surface area contributed by atoms with E-state index in [0.717, 1.165) is 23.7 Å². The van der Waals surface area contributed by atoms with Crippen molar-refractivity contribution >= 4 is 22.5 Å². The number of benzene rings is 2. The summed E-state index contributed by atoms with van der Waals surface area (Å²) >= 11 is 0. The summed E-state index contributed by atoms with van der Waals surface area (Å²) in [4.78, 5) is 17.8. The first-order chi connectivity index (χ1) is 12.9. The summed E-state index contributed by atoms with van der Waals surface area (Å²) in [5, 5.41) is 2.96. The largest absolute Gasteiger partial charge is 0.322 e. The van der Waals surface area contributed by atoms with Crippen molar-refractivity contribution in [3.05, 3.63) is 60.2 Å². The van der Waals surface area contributed by atoms with Gasteiger partial charge in [-0.2, -0.15) is 0 Å². The maximum atomic E-state index is 12.7. The highest BCUT2D eigenvalue weighted by molar-refractivity contribution is 7.84. The molecule has 0 unspecified atom stereocenters. The third kappa shape index (κ3) is 4.96. The number of hydrogen-bond acceptors (Lipinski definition) is 3. The molecule has 2 aromatic carbocycles. The van der Waals surface area contributed by atoms with Gasteiger partial charge in [-0.15, -0.1) is 0 Å². The number of piperazine rings is 1. The van der Waals surface area contributed by atoms with Crippen LogP contribution in [-0.2, 0) is 17.3 Å². The highest BCUT2D eigenvalue weighted by atomic mass is 32.2. The number of rotatable bonds is 4. The molecule has 1 aliphatic rings. The van der Waals surface area contributed by atoms with Crippen LogP contribution in [0, 0.1) is 0 Å². The highest BCUT2D eigenvalue weighted by Crippen LogP contribution is 2.20. The zero-order chi connectivity index (χ0) is 19.4. The number of amides is 2. The average Bonchev–Trinajstić information content (AvgIpc) is 2.65. The summed E-state index contributed by atoms with van der Waals surface area (Å²) in [6.45, 7) is 6.69. The van der Waals surface area contributed by atoms with Crippen LogP contribution in [0.25, 0.3) is 0 Å². The fourth-order valence-electron chi connectivity index (χ4n) is 3.44. The summed E-state index contributed by atoms with van der Waals surface area (Å²) in [5.74, 6) is 0. The summed E-state index contributed by atoms with van der Waals surface area (Å²) in [7, 11) is -1.01. The second kappa shape index (κ2) is 8.67. The lowest BCUT2D eigenvalue weighted by Crippen LogP contribution is -2.58. The van der Waals surface area contributed by atoms with Crippen molar-refractivity contribution in [1.29, 1.82) is 0 Å². The number of nitrogens with zero attached hydrogens (tertiary/aromatic N) is 2.